The van der Waals surface area contributed by atoms with Gasteiger partial charge < -0.3 is 9.84 Å². The predicted molar refractivity (Wildman–Crippen MR) is 86.0 cm³/mol. The minimum atomic E-state index is -1.19. The standard InChI is InChI=1S/C17H21NO6/c1-16(2,3)24-15(21)17(8-4-5-9-17)12-10-11(14(19)20)6-7-13(12)18(22)23/h6-7,10H,4-5,8-9H2,1-3H3,(H,19,20). The van der Waals surface area contributed by atoms with Gasteiger partial charge in [0.1, 0.15) is 5.60 Å². The van der Waals surface area contributed by atoms with E-state index in [4.69, 9.17) is 4.74 Å². The number of benzene rings is 1. The summed E-state index contributed by atoms with van der Waals surface area (Å²) in [5.41, 5.74) is -2.08. The van der Waals surface area contributed by atoms with Crippen LogP contribution in [0, 0.1) is 10.1 Å². The molecule has 0 amide bonds. The summed E-state index contributed by atoms with van der Waals surface area (Å²) in [5.74, 6) is -1.72. The Morgan fingerprint density at radius 2 is 1.83 bits per heavy atom. The molecule has 0 aromatic heterocycles. The van der Waals surface area contributed by atoms with Crippen molar-refractivity contribution in [1.29, 1.82) is 0 Å². The fourth-order valence-electron chi connectivity index (χ4n) is 3.15. The molecule has 7 heteroatoms. The van der Waals surface area contributed by atoms with Gasteiger partial charge in [-0.15, -0.1) is 0 Å². The van der Waals surface area contributed by atoms with Gasteiger partial charge in [-0.2, -0.15) is 0 Å². The number of nitrogens with zero attached hydrogens (tertiary/aromatic N) is 1. The third-order valence-electron chi connectivity index (χ3n) is 4.20. The Hall–Kier alpha value is -2.44. The molecule has 1 fully saturated rings. The van der Waals surface area contributed by atoms with E-state index >= 15 is 0 Å². The summed E-state index contributed by atoms with van der Waals surface area (Å²) in [4.78, 5) is 35.0. The Morgan fingerprint density at radius 3 is 2.29 bits per heavy atom. The Morgan fingerprint density at radius 1 is 1.25 bits per heavy atom. The molecule has 1 aliphatic carbocycles. The summed E-state index contributed by atoms with van der Waals surface area (Å²) in [6, 6.07) is 3.58. The fraction of sp³-hybridized carbons (Fsp3) is 0.529. The van der Waals surface area contributed by atoms with Gasteiger partial charge in [-0.1, -0.05) is 12.8 Å². The average Bonchev–Trinajstić information content (AvgIpc) is 2.95. The van der Waals surface area contributed by atoms with E-state index in [-0.39, 0.29) is 16.8 Å². The van der Waals surface area contributed by atoms with Gasteiger partial charge in [0.25, 0.3) is 5.69 Å². The topological polar surface area (TPSA) is 107 Å². The molecule has 2 rings (SSSR count). The number of ether oxygens (including phenoxy) is 1. The van der Waals surface area contributed by atoms with Crippen LogP contribution in [0.2, 0.25) is 0 Å². The van der Waals surface area contributed by atoms with Gasteiger partial charge in [0.05, 0.1) is 15.9 Å². The first-order valence-corrected chi connectivity index (χ1v) is 7.82. The van der Waals surface area contributed by atoms with Gasteiger partial charge in [0, 0.05) is 11.6 Å². The molecule has 0 bridgehead atoms. The molecule has 1 aromatic carbocycles. The van der Waals surface area contributed by atoms with Crippen LogP contribution >= 0.6 is 0 Å². The van der Waals surface area contributed by atoms with Gasteiger partial charge in [0.15, 0.2) is 0 Å². The van der Waals surface area contributed by atoms with E-state index in [0.717, 1.165) is 18.9 Å². The van der Waals surface area contributed by atoms with Crippen molar-refractivity contribution in [2.75, 3.05) is 0 Å². The lowest BCUT2D eigenvalue weighted by Crippen LogP contribution is -2.39. The van der Waals surface area contributed by atoms with E-state index in [1.807, 2.05) is 0 Å². The van der Waals surface area contributed by atoms with Crippen molar-refractivity contribution in [2.45, 2.75) is 57.5 Å². The highest BCUT2D eigenvalue weighted by Gasteiger charge is 2.49. The molecule has 130 valence electrons. The van der Waals surface area contributed by atoms with Crippen LogP contribution < -0.4 is 0 Å². The Labute approximate surface area is 139 Å². The van der Waals surface area contributed by atoms with Crippen LogP contribution in [0.15, 0.2) is 18.2 Å². The average molecular weight is 335 g/mol. The quantitative estimate of drug-likeness (QED) is 0.513. The van der Waals surface area contributed by atoms with E-state index in [9.17, 15) is 24.8 Å². The number of hydrogen-bond acceptors (Lipinski definition) is 5. The molecule has 1 aromatic rings. The Kier molecular flexibility index (Phi) is 4.64. The molecular formula is C17H21NO6. The summed E-state index contributed by atoms with van der Waals surface area (Å²) in [6.45, 7) is 5.20. The summed E-state index contributed by atoms with van der Waals surface area (Å²) in [6.07, 6.45) is 2.28. The maximum absolute atomic E-state index is 12.8. The lowest BCUT2D eigenvalue weighted by Gasteiger charge is -2.31. The molecule has 24 heavy (non-hydrogen) atoms. The molecular weight excluding hydrogens is 314 g/mol. The molecule has 0 atom stereocenters. The fourth-order valence-corrected chi connectivity index (χ4v) is 3.15. The third-order valence-corrected chi connectivity index (χ3v) is 4.20. The normalized spacial score (nSPS) is 16.6. The van der Waals surface area contributed by atoms with Crippen LogP contribution in [0.3, 0.4) is 0 Å². The van der Waals surface area contributed by atoms with E-state index in [0.29, 0.717) is 12.8 Å². The summed E-state index contributed by atoms with van der Waals surface area (Å²) in [7, 11) is 0. The van der Waals surface area contributed by atoms with Crippen LogP contribution in [0.4, 0.5) is 5.69 Å². The SMILES string of the molecule is CC(C)(C)OC(=O)C1(c2cc(C(=O)O)ccc2[N+](=O)[O-])CCCC1. The molecule has 1 N–H and O–H groups in total. The van der Waals surface area contributed by atoms with E-state index in [1.54, 1.807) is 20.8 Å². The zero-order valence-electron chi connectivity index (χ0n) is 14.0. The zero-order valence-corrected chi connectivity index (χ0v) is 14.0. The van der Waals surface area contributed by atoms with Crippen molar-refractivity contribution in [3.05, 3.63) is 39.4 Å². The smallest absolute Gasteiger partial charge is 0.335 e. The largest absolute Gasteiger partial charge is 0.478 e. The molecule has 0 aliphatic heterocycles. The van der Waals surface area contributed by atoms with E-state index in [1.165, 1.54) is 12.1 Å². The third kappa shape index (κ3) is 3.39. The number of nitro groups is 1. The van der Waals surface area contributed by atoms with Crippen LogP contribution in [0.5, 0.6) is 0 Å². The second kappa shape index (κ2) is 6.22. The molecule has 0 unspecified atom stereocenters. The van der Waals surface area contributed by atoms with Gasteiger partial charge in [0.2, 0.25) is 0 Å². The van der Waals surface area contributed by atoms with Crippen molar-refractivity contribution >= 4 is 17.6 Å². The van der Waals surface area contributed by atoms with Crippen molar-refractivity contribution in [3.63, 3.8) is 0 Å². The minimum Gasteiger partial charge on any atom is -0.478 e. The molecule has 0 radical (unpaired) electrons. The number of carbonyl (C=O) groups excluding carboxylic acids is 1. The molecule has 1 saturated carbocycles. The van der Waals surface area contributed by atoms with E-state index < -0.39 is 27.9 Å². The lowest BCUT2D eigenvalue weighted by molar-refractivity contribution is -0.386. The van der Waals surface area contributed by atoms with Crippen LogP contribution in [-0.2, 0) is 14.9 Å². The van der Waals surface area contributed by atoms with Gasteiger partial charge in [-0.3, -0.25) is 14.9 Å². The van der Waals surface area contributed by atoms with Crippen LogP contribution in [-0.4, -0.2) is 27.6 Å². The van der Waals surface area contributed by atoms with Crippen molar-refractivity contribution in [3.8, 4) is 0 Å². The number of carboxylic acids is 1. The molecule has 0 heterocycles. The maximum atomic E-state index is 12.8. The zero-order chi connectivity index (χ0) is 18.1. The van der Waals surface area contributed by atoms with Gasteiger partial charge >= 0.3 is 11.9 Å². The number of esters is 1. The van der Waals surface area contributed by atoms with Crippen molar-refractivity contribution in [2.24, 2.45) is 0 Å². The van der Waals surface area contributed by atoms with Crippen LogP contribution in [0.25, 0.3) is 0 Å². The first-order valence-electron chi connectivity index (χ1n) is 7.82. The maximum Gasteiger partial charge on any atom is 0.335 e. The molecule has 0 spiro atoms. The highest BCUT2D eigenvalue weighted by Crippen LogP contribution is 2.46. The Bertz CT molecular complexity index is 683. The van der Waals surface area contributed by atoms with Crippen LogP contribution in [0.1, 0.15) is 62.4 Å². The van der Waals surface area contributed by atoms with E-state index in [2.05, 4.69) is 0 Å². The first-order chi connectivity index (χ1) is 11.1. The Balaban J connectivity index is 2.62. The second-order valence-corrected chi connectivity index (χ2v) is 7.09. The van der Waals surface area contributed by atoms with Crippen molar-refractivity contribution < 1.29 is 24.4 Å². The molecule has 7 nitrogen and oxygen atoms in total. The highest BCUT2D eigenvalue weighted by molar-refractivity contribution is 5.91. The molecule has 1 aliphatic rings. The number of aromatic carboxylic acids is 1. The minimum absolute atomic E-state index is 0.0783. The van der Waals surface area contributed by atoms with Gasteiger partial charge in [-0.25, -0.2) is 4.79 Å². The predicted octanol–water partition coefficient (Wildman–Crippen LogP) is 3.45. The monoisotopic (exact) mass is 335 g/mol. The summed E-state index contributed by atoms with van der Waals surface area (Å²) in [5, 5.41) is 20.6. The first kappa shape index (κ1) is 17.9. The number of carbonyl (C=O) groups is 2. The number of carboxylic acid groups (broad SMARTS) is 1. The molecule has 0 saturated heterocycles. The summed E-state index contributed by atoms with van der Waals surface area (Å²) < 4.78 is 5.51. The lowest BCUT2D eigenvalue weighted by atomic mass is 9.77. The second-order valence-electron chi connectivity index (χ2n) is 7.09. The highest BCUT2D eigenvalue weighted by atomic mass is 16.6. The summed E-state index contributed by atoms with van der Waals surface area (Å²) >= 11 is 0. The number of nitro benzene ring substituents is 1. The van der Waals surface area contributed by atoms with Gasteiger partial charge in [-0.05, 0) is 45.7 Å². The number of rotatable bonds is 4. The van der Waals surface area contributed by atoms with Crippen molar-refractivity contribution in [1.82, 2.24) is 0 Å². The number of hydrogen-bond donors (Lipinski definition) is 1.